The van der Waals surface area contributed by atoms with Gasteiger partial charge in [-0.15, -0.1) is 21.5 Å². The number of benzene rings is 1. The molecule has 28 heavy (non-hydrogen) atoms. The molecule has 4 aromatic rings. The number of nitrogens with one attached hydrogen (secondary N) is 1. The molecule has 9 heteroatoms. The average molecular weight is 409 g/mol. The SMILES string of the molecule is Cc1ccc(-c2csc(NC(=O)CSc3nnc(-c4ccncc4)o3)n2)cc1. The van der Waals surface area contributed by atoms with Gasteiger partial charge in [-0.05, 0) is 19.1 Å². The van der Waals surface area contributed by atoms with Gasteiger partial charge in [-0.25, -0.2) is 4.98 Å². The van der Waals surface area contributed by atoms with Gasteiger partial charge < -0.3 is 9.73 Å². The van der Waals surface area contributed by atoms with Gasteiger partial charge in [-0.2, -0.15) is 0 Å². The molecule has 0 aliphatic rings. The molecule has 4 rings (SSSR count). The monoisotopic (exact) mass is 409 g/mol. The average Bonchev–Trinajstić information content (AvgIpc) is 3.37. The molecular weight excluding hydrogens is 394 g/mol. The molecule has 0 fully saturated rings. The summed E-state index contributed by atoms with van der Waals surface area (Å²) >= 11 is 2.57. The van der Waals surface area contributed by atoms with E-state index in [1.54, 1.807) is 24.5 Å². The van der Waals surface area contributed by atoms with E-state index in [1.807, 2.05) is 36.6 Å². The Morgan fingerprint density at radius 1 is 1.11 bits per heavy atom. The number of carbonyl (C=O) groups excluding carboxylic acids is 1. The highest BCUT2D eigenvalue weighted by atomic mass is 32.2. The standard InChI is InChI=1S/C19H15N5O2S2/c1-12-2-4-13(5-3-12)15-10-27-18(21-15)22-16(25)11-28-19-24-23-17(26-19)14-6-8-20-9-7-14/h2-10H,11H2,1H3,(H,21,22,25). The highest BCUT2D eigenvalue weighted by Gasteiger charge is 2.13. The number of hydrogen-bond donors (Lipinski definition) is 1. The lowest BCUT2D eigenvalue weighted by molar-refractivity contribution is -0.113. The van der Waals surface area contributed by atoms with Crippen LogP contribution in [0.25, 0.3) is 22.7 Å². The van der Waals surface area contributed by atoms with Crippen LogP contribution in [-0.2, 0) is 4.79 Å². The Kier molecular flexibility index (Phi) is 5.45. The van der Waals surface area contributed by atoms with Crippen molar-refractivity contribution < 1.29 is 9.21 Å². The van der Waals surface area contributed by atoms with Crippen LogP contribution in [0.4, 0.5) is 5.13 Å². The Morgan fingerprint density at radius 2 is 1.89 bits per heavy atom. The first-order chi connectivity index (χ1) is 13.7. The number of aryl methyl sites for hydroxylation is 1. The first-order valence-corrected chi connectivity index (χ1v) is 10.2. The molecule has 3 aromatic heterocycles. The van der Waals surface area contributed by atoms with Gasteiger partial charge >= 0.3 is 0 Å². The van der Waals surface area contributed by atoms with E-state index in [0.29, 0.717) is 16.2 Å². The molecule has 0 bridgehead atoms. The van der Waals surface area contributed by atoms with Crippen molar-refractivity contribution in [2.24, 2.45) is 0 Å². The number of anilines is 1. The van der Waals surface area contributed by atoms with E-state index < -0.39 is 0 Å². The summed E-state index contributed by atoms with van der Waals surface area (Å²) in [4.78, 5) is 20.6. The van der Waals surface area contributed by atoms with Crippen LogP contribution in [0, 0.1) is 6.92 Å². The number of amides is 1. The number of hydrogen-bond acceptors (Lipinski definition) is 8. The van der Waals surface area contributed by atoms with Crippen molar-refractivity contribution in [3.05, 3.63) is 59.7 Å². The van der Waals surface area contributed by atoms with Crippen LogP contribution in [0.1, 0.15) is 5.56 Å². The van der Waals surface area contributed by atoms with E-state index in [1.165, 1.54) is 28.7 Å². The van der Waals surface area contributed by atoms with Crippen molar-refractivity contribution in [1.82, 2.24) is 20.2 Å². The molecule has 0 unspecified atom stereocenters. The molecule has 0 spiro atoms. The van der Waals surface area contributed by atoms with Crippen molar-refractivity contribution in [3.8, 4) is 22.7 Å². The maximum absolute atomic E-state index is 12.2. The van der Waals surface area contributed by atoms with Crippen LogP contribution in [0.2, 0.25) is 0 Å². The first kappa shape index (κ1) is 18.3. The third-order valence-corrected chi connectivity index (χ3v) is 5.33. The fourth-order valence-corrected chi connectivity index (χ4v) is 3.65. The zero-order valence-electron chi connectivity index (χ0n) is 14.8. The van der Waals surface area contributed by atoms with E-state index in [2.05, 4.69) is 25.5 Å². The third-order valence-electron chi connectivity index (χ3n) is 3.76. The molecule has 140 valence electrons. The lowest BCUT2D eigenvalue weighted by Crippen LogP contribution is -2.13. The predicted octanol–water partition coefficient (Wildman–Crippen LogP) is 4.29. The van der Waals surface area contributed by atoms with Gasteiger partial charge in [0.15, 0.2) is 5.13 Å². The minimum absolute atomic E-state index is 0.150. The molecule has 0 atom stereocenters. The largest absolute Gasteiger partial charge is 0.411 e. The molecule has 0 aliphatic carbocycles. The summed E-state index contributed by atoms with van der Waals surface area (Å²) in [7, 11) is 0. The van der Waals surface area contributed by atoms with E-state index in [0.717, 1.165) is 16.8 Å². The van der Waals surface area contributed by atoms with E-state index in [-0.39, 0.29) is 11.7 Å². The maximum Gasteiger partial charge on any atom is 0.277 e. The Labute approximate surface area is 169 Å². The zero-order chi connectivity index (χ0) is 19.3. The van der Waals surface area contributed by atoms with Gasteiger partial charge in [0.2, 0.25) is 11.8 Å². The zero-order valence-corrected chi connectivity index (χ0v) is 16.5. The summed E-state index contributed by atoms with van der Waals surface area (Å²) in [5.74, 6) is 0.365. The number of nitrogens with zero attached hydrogens (tertiary/aromatic N) is 4. The lowest BCUT2D eigenvalue weighted by Gasteiger charge is -2.00. The van der Waals surface area contributed by atoms with Crippen LogP contribution in [-0.4, -0.2) is 31.8 Å². The smallest absolute Gasteiger partial charge is 0.277 e. The van der Waals surface area contributed by atoms with Crippen molar-refractivity contribution in [2.75, 3.05) is 11.1 Å². The number of rotatable bonds is 6. The second kappa shape index (κ2) is 8.32. The van der Waals surface area contributed by atoms with Crippen LogP contribution in [0.3, 0.4) is 0 Å². The second-order valence-electron chi connectivity index (χ2n) is 5.85. The molecule has 7 nitrogen and oxygen atoms in total. The summed E-state index contributed by atoms with van der Waals surface area (Å²) in [5.41, 5.74) is 3.83. The summed E-state index contributed by atoms with van der Waals surface area (Å²) in [5, 5.41) is 13.6. The predicted molar refractivity (Wildman–Crippen MR) is 109 cm³/mol. The molecular formula is C19H15N5O2S2. The minimum Gasteiger partial charge on any atom is -0.411 e. The third kappa shape index (κ3) is 4.44. The van der Waals surface area contributed by atoms with Gasteiger partial charge in [0.1, 0.15) is 0 Å². The number of thiazole rings is 1. The highest BCUT2D eigenvalue weighted by Crippen LogP contribution is 2.26. The van der Waals surface area contributed by atoms with Crippen molar-refractivity contribution >= 4 is 34.1 Å². The fourth-order valence-electron chi connectivity index (χ4n) is 2.35. The van der Waals surface area contributed by atoms with Crippen LogP contribution in [0.5, 0.6) is 0 Å². The second-order valence-corrected chi connectivity index (χ2v) is 7.63. The molecule has 1 amide bonds. The molecule has 0 saturated heterocycles. The molecule has 1 aromatic carbocycles. The number of thioether (sulfide) groups is 1. The highest BCUT2D eigenvalue weighted by molar-refractivity contribution is 7.99. The number of pyridine rings is 1. The summed E-state index contributed by atoms with van der Waals surface area (Å²) in [6.45, 7) is 2.04. The van der Waals surface area contributed by atoms with Crippen molar-refractivity contribution in [2.45, 2.75) is 12.1 Å². The Morgan fingerprint density at radius 3 is 2.68 bits per heavy atom. The first-order valence-electron chi connectivity index (χ1n) is 8.36. The van der Waals surface area contributed by atoms with E-state index >= 15 is 0 Å². The molecule has 3 heterocycles. The van der Waals surface area contributed by atoms with Gasteiger partial charge in [0, 0.05) is 28.9 Å². The maximum atomic E-state index is 12.2. The number of aromatic nitrogens is 4. The normalized spacial score (nSPS) is 10.8. The van der Waals surface area contributed by atoms with Gasteiger partial charge in [-0.1, -0.05) is 41.6 Å². The molecule has 0 aliphatic heterocycles. The Bertz CT molecular complexity index is 1080. The minimum atomic E-state index is -0.182. The van der Waals surface area contributed by atoms with E-state index in [9.17, 15) is 4.79 Å². The number of carbonyl (C=O) groups is 1. The summed E-state index contributed by atoms with van der Waals surface area (Å²) in [6, 6.07) is 11.7. The lowest BCUT2D eigenvalue weighted by atomic mass is 10.1. The molecule has 0 saturated carbocycles. The Hall–Kier alpha value is -3.04. The van der Waals surface area contributed by atoms with E-state index in [4.69, 9.17) is 4.42 Å². The van der Waals surface area contributed by atoms with Crippen molar-refractivity contribution in [1.29, 1.82) is 0 Å². The van der Waals surface area contributed by atoms with Gasteiger partial charge in [0.25, 0.3) is 5.22 Å². The van der Waals surface area contributed by atoms with Crippen molar-refractivity contribution in [3.63, 3.8) is 0 Å². The van der Waals surface area contributed by atoms with Crippen LogP contribution >= 0.6 is 23.1 Å². The molecule has 1 N–H and O–H groups in total. The fraction of sp³-hybridized carbons (Fsp3) is 0.105. The van der Waals surface area contributed by atoms with Gasteiger partial charge in [0.05, 0.1) is 11.4 Å². The molecule has 0 radical (unpaired) electrons. The summed E-state index contributed by atoms with van der Waals surface area (Å²) < 4.78 is 5.56. The summed E-state index contributed by atoms with van der Waals surface area (Å²) in [6.07, 6.45) is 3.30. The Balaban J connectivity index is 1.33. The topological polar surface area (TPSA) is 93.8 Å². The van der Waals surface area contributed by atoms with Gasteiger partial charge in [-0.3, -0.25) is 9.78 Å². The quantitative estimate of drug-likeness (QED) is 0.475. The van der Waals surface area contributed by atoms with Crippen LogP contribution < -0.4 is 5.32 Å². The van der Waals surface area contributed by atoms with Crippen LogP contribution in [0.15, 0.2) is 63.8 Å².